The molecule has 8 heteroatoms. The molecule has 0 radical (unpaired) electrons. The molecule has 2 aromatic heterocycles. The van der Waals surface area contributed by atoms with E-state index in [2.05, 4.69) is 35.2 Å². The maximum absolute atomic E-state index is 13.1. The van der Waals surface area contributed by atoms with Crippen molar-refractivity contribution in [2.24, 2.45) is 5.92 Å². The molecule has 3 heterocycles. The molecule has 0 bridgehead atoms. The summed E-state index contributed by atoms with van der Waals surface area (Å²) in [6, 6.07) is 3.60. The maximum Gasteiger partial charge on any atom is 0.258 e. The lowest BCUT2D eigenvalue weighted by molar-refractivity contribution is 0.0740. The van der Waals surface area contributed by atoms with Crippen LogP contribution < -0.4 is 4.90 Å². The van der Waals surface area contributed by atoms with Crippen LogP contribution in [0, 0.1) is 5.92 Å². The Bertz CT molecular complexity index is 947. The molecule has 2 aliphatic rings. The van der Waals surface area contributed by atoms with Gasteiger partial charge in [-0.15, -0.1) is 0 Å². The summed E-state index contributed by atoms with van der Waals surface area (Å²) in [5.74, 6) is 0.475. The van der Waals surface area contributed by atoms with Gasteiger partial charge in [-0.3, -0.25) is 4.79 Å². The number of ether oxygens (including phenoxy) is 1. The Balaban J connectivity index is 1.62. The average molecular weight is 459 g/mol. The zero-order valence-corrected chi connectivity index (χ0v) is 21.0. The summed E-state index contributed by atoms with van der Waals surface area (Å²) >= 11 is 0. The molecule has 176 valence electrons. The Kier molecular flexibility index (Phi) is 6.93. The third-order valence-electron chi connectivity index (χ3n) is 7.01. The van der Waals surface area contributed by atoms with E-state index < -0.39 is 8.07 Å². The Morgan fingerprint density at radius 3 is 2.62 bits per heavy atom. The Morgan fingerprint density at radius 2 is 1.97 bits per heavy atom. The molecule has 0 spiro atoms. The van der Waals surface area contributed by atoms with Crippen LogP contribution in [0.25, 0.3) is 11.0 Å². The number of aliphatic hydroxyl groups excluding tert-OH is 1. The fourth-order valence-electron chi connectivity index (χ4n) is 4.91. The van der Waals surface area contributed by atoms with Gasteiger partial charge in [-0.05, 0) is 50.6 Å². The molecule has 1 aliphatic heterocycles. The minimum atomic E-state index is -1.12. The van der Waals surface area contributed by atoms with Gasteiger partial charge in [0.05, 0.1) is 17.9 Å². The summed E-state index contributed by atoms with van der Waals surface area (Å²) in [5, 5.41) is 10.6. The van der Waals surface area contributed by atoms with Crippen LogP contribution in [-0.4, -0.2) is 66.0 Å². The van der Waals surface area contributed by atoms with E-state index in [-0.39, 0.29) is 12.5 Å². The number of aromatic nitrogens is 2. The van der Waals surface area contributed by atoms with E-state index in [1.54, 1.807) is 6.20 Å². The molecule has 1 fully saturated rings. The van der Waals surface area contributed by atoms with Crippen molar-refractivity contribution in [2.45, 2.75) is 71.1 Å². The molecule has 4 rings (SSSR count). The van der Waals surface area contributed by atoms with Crippen LogP contribution in [0.1, 0.15) is 43.0 Å². The molecule has 1 aliphatic carbocycles. The Labute approximate surface area is 192 Å². The largest absolute Gasteiger partial charge is 0.396 e. The second kappa shape index (κ2) is 9.53. The van der Waals surface area contributed by atoms with Crippen LogP contribution in [0.4, 0.5) is 5.69 Å². The lowest BCUT2D eigenvalue weighted by atomic mass is 9.85. The maximum atomic E-state index is 13.1. The lowest BCUT2D eigenvalue weighted by Crippen LogP contribution is -2.51. The van der Waals surface area contributed by atoms with Gasteiger partial charge in [0.25, 0.3) is 5.91 Å². The van der Waals surface area contributed by atoms with Crippen molar-refractivity contribution in [1.29, 1.82) is 0 Å². The van der Waals surface area contributed by atoms with E-state index in [1.807, 2.05) is 18.0 Å². The van der Waals surface area contributed by atoms with Crippen LogP contribution in [0.15, 0.2) is 18.5 Å². The monoisotopic (exact) mass is 458 g/mol. The van der Waals surface area contributed by atoms with Crippen LogP contribution in [0.3, 0.4) is 0 Å². The number of hydrogen-bond acceptors (Lipinski definition) is 5. The van der Waals surface area contributed by atoms with Crippen LogP contribution in [-0.2, 0) is 11.5 Å². The summed E-state index contributed by atoms with van der Waals surface area (Å²) < 4.78 is 8.03. The van der Waals surface area contributed by atoms with Crippen molar-refractivity contribution in [2.75, 3.05) is 31.3 Å². The highest BCUT2D eigenvalue weighted by Gasteiger charge is 2.36. The van der Waals surface area contributed by atoms with Gasteiger partial charge in [-0.1, -0.05) is 19.6 Å². The van der Waals surface area contributed by atoms with Crippen LogP contribution in [0.2, 0.25) is 25.7 Å². The summed E-state index contributed by atoms with van der Waals surface area (Å²) in [4.78, 5) is 22.2. The number of amides is 1. The molecular weight excluding hydrogens is 420 g/mol. The number of carbonyl (C=O) groups is 1. The number of hydrogen-bond donors (Lipinski definition) is 1. The van der Waals surface area contributed by atoms with E-state index in [4.69, 9.17) is 9.72 Å². The van der Waals surface area contributed by atoms with Gasteiger partial charge in [0, 0.05) is 51.7 Å². The first-order valence-corrected chi connectivity index (χ1v) is 15.8. The highest BCUT2D eigenvalue weighted by molar-refractivity contribution is 6.76. The molecule has 2 aromatic rings. The van der Waals surface area contributed by atoms with Gasteiger partial charge in [0.2, 0.25) is 0 Å². The molecule has 0 unspecified atom stereocenters. The molecule has 1 saturated carbocycles. The van der Waals surface area contributed by atoms with Crippen molar-refractivity contribution in [3.05, 3.63) is 24.0 Å². The van der Waals surface area contributed by atoms with Crippen molar-refractivity contribution >= 4 is 30.7 Å². The topological polar surface area (TPSA) is 70.8 Å². The van der Waals surface area contributed by atoms with E-state index in [0.717, 1.165) is 55.1 Å². The zero-order valence-electron chi connectivity index (χ0n) is 20.0. The molecule has 0 saturated heterocycles. The minimum Gasteiger partial charge on any atom is -0.396 e. The van der Waals surface area contributed by atoms with Crippen molar-refractivity contribution in [3.8, 4) is 0 Å². The second-order valence-electron chi connectivity index (χ2n) is 10.5. The van der Waals surface area contributed by atoms with Crippen molar-refractivity contribution in [3.63, 3.8) is 0 Å². The number of aliphatic hydroxyl groups is 1. The minimum absolute atomic E-state index is 0.0660. The highest BCUT2D eigenvalue weighted by Crippen LogP contribution is 2.39. The molecule has 0 aromatic carbocycles. The van der Waals surface area contributed by atoms with Gasteiger partial charge in [-0.25, -0.2) is 4.98 Å². The van der Waals surface area contributed by atoms with E-state index in [9.17, 15) is 9.90 Å². The average Bonchev–Trinajstić information content (AvgIpc) is 3.20. The fourth-order valence-corrected chi connectivity index (χ4v) is 5.66. The van der Waals surface area contributed by atoms with Gasteiger partial charge in [0.1, 0.15) is 12.4 Å². The predicted octanol–water partition coefficient (Wildman–Crippen LogP) is 4.14. The predicted molar refractivity (Wildman–Crippen MR) is 131 cm³/mol. The van der Waals surface area contributed by atoms with Crippen LogP contribution >= 0.6 is 0 Å². The van der Waals surface area contributed by atoms with E-state index in [0.29, 0.717) is 37.5 Å². The Morgan fingerprint density at radius 1 is 1.22 bits per heavy atom. The fraction of sp³-hybridized carbons (Fsp3) is 0.667. The summed E-state index contributed by atoms with van der Waals surface area (Å²) in [5.41, 5.74) is 2.61. The molecular formula is C24H38N4O3Si. The molecule has 1 amide bonds. The third kappa shape index (κ3) is 4.72. The quantitative estimate of drug-likeness (QED) is 0.476. The van der Waals surface area contributed by atoms with Crippen LogP contribution in [0.5, 0.6) is 0 Å². The normalized spacial score (nSPS) is 22.0. The van der Waals surface area contributed by atoms with Crippen molar-refractivity contribution in [1.82, 2.24) is 14.5 Å². The van der Waals surface area contributed by atoms with Crippen molar-refractivity contribution < 1.29 is 14.6 Å². The SMILES string of the molecule is CCN1CN(C2CCC(CO)CC2)c2c(cnc3c2ccn3COCC[Si](C)(C)C)C1=O. The van der Waals surface area contributed by atoms with E-state index in [1.165, 1.54) is 0 Å². The van der Waals surface area contributed by atoms with Gasteiger partial charge in [-0.2, -0.15) is 0 Å². The second-order valence-corrected chi connectivity index (χ2v) is 16.1. The third-order valence-corrected chi connectivity index (χ3v) is 8.72. The number of pyridine rings is 1. The first-order chi connectivity index (χ1) is 15.3. The van der Waals surface area contributed by atoms with E-state index >= 15 is 0 Å². The molecule has 7 nitrogen and oxygen atoms in total. The lowest BCUT2D eigenvalue weighted by Gasteiger charge is -2.44. The number of carbonyl (C=O) groups excluding carboxylic acids is 1. The number of nitrogens with zero attached hydrogens (tertiary/aromatic N) is 4. The highest BCUT2D eigenvalue weighted by atomic mass is 28.3. The standard InChI is InChI=1S/C24H38N4O3Si/c1-5-26-16-28(19-8-6-18(15-29)7-9-19)22-20-10-11-27(17-31-12-13-32(2,3)4)23(20)25-14-21(22)24(26)30/h10-11,14,18-19,29H,5-9,12-13,15-17H2,1-4H3. The number of rotatable bonds is 8. The zero-order chi connectivity index (χ0) is 22.9. The first-order valence-electron chi connectivity index (χ1n) is 12.0. The van der Waals surface area contributed by atoms with Gasteiger partial charge < -0.3 is 24.2 Å². The molecule has 1 N–H and O–H groups in total. The summed E-state index contributed by atoms with van der Waals surface area (Å²) in [6.07, 6.45) is 7.94. The first kappa shape index (κ1) is 23.3. The summed E-state index contributed by atoms with van der Waals surface area (Å²) in [6.45, 7) is 11.9. The van der Waals surface area contributed by atoms with Gasteiger partial charge in [0.15, 0.2) is 0 Å². The van der Waals surface area contributed by atoms with Gasteiger partial charge >= 0.3 is 0 Å². The smallest absolute Gasteiger partial charge is 0.258 e. The Hall–Kier alpha value is -1.90. The molecule has 32 heavy (non-hydrogen) atoms. The summed E-state index contributed by atoms with van der Waals surface area (Å²) in [7, 11) is -1.12. The number of fused-ring (bicyclic) bond motifs is 3. The number of anilines is 1. The molecule has 0 atom stereocenters.